The van der Waals surface area contributed by atoms with Crippen molar-refractivity contribution in [2.24, 2.45) is 5.92 Å². The van der Waals surface area contributed by atoms with Gasteiger partial charge in [0, 0.05) is 30.9 Å². The third-order valence-corrected chi connectivity index (χ3v) is 4.82. The molecule has 0 aromatic heterocycles. The normalized spacial score (nSPS) is 28.1. The molecule has 7 heteroatoms. The standard InChI is InChI=1S/C22H28O7/c1-13(2)8-21(25)28-12-17-7-5-6-16(11-27-15(4)23)9-20-18(10-19(17)24)14(3)22(26)29-20/h6-8,18-20,24H,3,5,9-12H2,1-2,4H3/b16-6+,17-7-/t18-,19-,20+/m1/s1. The first kappa shape index (κ1) is 22.6. The summed E-state index contributed by atoms with van der Waals surface area (Å²) in [5.74, 6) is -1.75. The largest absolute Gasteiger partial charge is 0.461 e. The maximum absolute atomic E-state index is 12.0. The Hall–Kier alpha value is -2.67. The minimum absolute atomic E-state index is 0.0600. The highest BCUT2D eigenvalue weighted by molar-refractivity contribution is 5.90. The Kier molecular flexibility index (Phi) is 7.96. The van der Waals surface area contributed by atoms with Crippen molar-refractivity contribution in [3.63, 3.8) is 0 Å². The van der Waals surface area contributed by atoms with E-state index in [0.717, 1.165) is 11.1 Å². The summed E-state index contributed by atoms with van der Waals surface area (Å²) in [5, 5.41) is 10.7. The highest BCUT2D eigenvalue weighted by atomic mass is 16.6. The van der Waals surface area contributed by atoms with Crippen LogP contribution in [0.15, 0.2) is 47.1 Å². The molecule has 0 amide bonds. The smallest absolute Gasteiger partial charge is 0.334 e. The van der Waals surface area contributed by atoms with Gasteiger partial charge in [0.05, 0.1) is 6.10 Å². The summed E-state index contributed by atoms with van der Waals surface area (Å²) >= 11 is 0. The van der Waals surface area contributed by atoms with Gasteiger partial charge in [-0.25, -0.2) is 9.59 Å². The first-order chi connectivity index (χ1) is 13.7. The lowest BCUT2D eigenvalue weighted by Gasteiger charge is -2.24. The van der Waals surface area contributed by atoms with Crippen molar-refractivity contribution < 1.29 is 33.7 Å². The highest BCUT2D eigenvalue weighted by Crippen LogP contribution is 2.36. The van der Waals surface area contributed by atoms with E-state index in [4.69, 9.17) is 14.2 Å². The van der Waals surface area contributed by atoms with E-state index in [-0.39, 0.29) is 25.6 Å². The zero-order valence-corrected chi connectivity index (χ0v) is 17.1. The van der Waals surface area contributed by atoms with Crippen LogP contribution in [0.25, 0.3) is 0 Å². The second-order valence-corrected chi connectivity index (χ2v) is 7.52. The molecule has 0 radical (unpaired) electrons. The van der Waals surface area contributed by atoms with E-state index in [9.17, 15) is 19.5 Å². The number of carbonyl (C=O) groups is 3. The van der Waals surface area contributed by atoms with E-state index in [0.29, 0.717) is 24.0 Å². The SMILES string of the molecule is C=C1C(=O)O[C@H]2C/C(COC(C)=O)=C\C/C=C(/COC(=O)C=C(C)C)[C@H](O)C[C@H]12. The number of allylic oxidation sites excluding steroid dienone is 3. The zero-order chi connectivity index (χ0) is 21.6. The fraction of sp³-hybridized carbons (Fsp3) is 0.500. The van der Waals surface area contributed by atoms with Gasteiger partial charge in [0.15, 0.2) is 0 Å². The monoisotopic (exact) mass is 404 g/mol. The molecule has 1 fully saturated rings. The molecule has 1 saturated heterocycles. The molecule has 7 nitrogen and oxygen atoms in total. The lowest BCUT2D eigenvalue weighted by atomic mass is 9.85. The highest BCUT2D eigenvalue weighted by Gasteiger charge is 2.40. The molecule has 29 heavy (non-hydrogen) atoms. The lowest BCUT2D eigenvalue weighted by Crippen LogP contribution is -2.27. The third-order valence-electron chi connectivity index (χ3n) is 4.82. The number of aliphatic hydroxyl groups excluding tert-OH is 1. The molecule has 3 atom stereocenters. The van der Waals surface area contributed by atoms with Crippen molar-refractivity contribution in [2.45, 2.75) is 52.2 Å². The van der Waals surface area contributed by atoms with Crippen molar-refractivity contribution in [3.8, 4) is 0 Å². The average molecular weight is 404 g/mol. The molecule has 0 spiro atoms. The number of esters is 3. The summed E-state index contributed by atoms with van der Waals surface area (Å²) in [6.45, 7) is 8.76. The minimum Gasteiger partial charge on any atom is -0.461 e. The van der Waals surface area contributed by atoms with Crippen LogP contribution in [0.1, 0.15) is 40.0 Å². The Bertz CT molecular complexity index is 768. The molecule has 1 N–H and O–H groups in total. The van der Waals surface area contributed by atoms with Crippen LogP contribution in [0.4, 0.5) is 0 Å². The van der Waals surface area contributed by atoms with Gasteiger partial charge in [-0.2, -0.15) is 0 Å². The van der Waals surface area contributed by atoms with Gasteiger partial charge in [-0.05, 0) is 37.8 Å². The second kappa shape index (κ2) is 10.2. The maximum Gasteiger partial charge on any atom is 0.334 e. The van der Waals surface area contributed by atoms with E-state index < -0.39 is 30.1 Å². The maximum atomic E-state index is 12.0. The summed E-state index contributed by atoms with van der Waals surface area (Å²) in [7, 11) is 0. The molecule has 2 rings (SSSR count). The predicted molar refractivity (Wildman–Crippen MR) is 106 cm³/mol. The molecule has 0 saturated carbocycles. The van der Waals surface area contributed by atoms with Gasteiger partial charge in [-0.3, -0.25) is 4.79 Å². The van der Waals surface area contributed by atoms with Crippen LogP contribution in [-0.2, 0) is 28.6 Å². The number of hydrogen-bond donors (Lipinski definition) is 1. The van der Waals surface area contributed by atoms with Gasteiger partial charge in [0.25, 0.3) is 0 Å². The zero-order valence-electron chi connectivity index (χ0n) is 17.1. The van der Waals surface area contributed by atoms with Crippen LogP contribution >= 0.6 is 0 Å². The Balaban J connectivity index is 2.23. The van der Waals surface area contributed by atoms with Gasteiger partial charge in [0.1, 0.15) is 19.3 Å². The van der Waals surface area contributed by atoms with Gasteiger partial charge in [-0.1, -0.05) is 24.3 Å². The quantitative estimate of drug-likeness (QED) is 0.325. The third kappa shape index (κ3) is 6.71. The van der Waals surface area contributed by atoms with Crippen molar-refractivity contribution in [2.75, 3.05) is 13.2 Å². The molecule has 1 aliphatic carbocycles. The summed E-state index contributed by atoms with van der Waals surface area (Å²) in [5.41, 5.74) is 2.47. The average Bonchev–Trinajstić information content (AvgIpc) is 2.88. The Morgan fingerprint density at radius 1 is 1.24 bits per heavy atom. The molecule has 158 valence electrons. The van der Waals surface area contributed by atoms with Crippen LogP contribution in [-0.4, -0.2) is 48.4 Å². The van der Waals surface area contributed by atoms with E-state index in [1.165, 1.54) is 13.0 Å². The molecular formula is C22H28O7. The molecular weight excluding hydrogens is 376 g/mol. The Labute approximate surface area is 170 Å². The summed E-state index contributed by atoms with van der Waals surface area (Å²) < 4.78 is 15.8. The Morgan fingerprint density at radius 3 is 2.62 bits per heavy atom. The van der Waals surface area contributed by atoms with E-state index in [1.807, 2.05) is 6.08 Å². The predicted octanol–water partition coefficient (Wildman–Crippen LogP) is 2.55. The fourth-order valence-corrected chi connectivity index (χ4v) is 3.29. The number of hydrogen-bond acceptors (Lipinski definition) is 7. The molecule has 0 bridgehead atoms. The van der Waals surface area contributed by atoms with Crippen molar-refractivity contribution in [3.05, 3.63) is 47.1 Å². The fourth-order valence-electron chi connectivity index (χ4n) is 3.29. The van der Waals surface area contributed by atoms with Crippen LogP contribution in [0.3, 0.4) is 0 Å². The summed E-state index contributed by atoms with van der Waals surface area (Å²) in [4.78, 5) is 35.0. The topological polar surface area (TPSA) is 99.1 Å². The molecule has 0 unspecified atom stereocenters. The number of carbonyl (C=O) groups excluding carboxylic acids is 3. The van der Waals surface area contributed by atoms with Crippen LogP contribution < -0.4 is 0 Å². The van der Waals surface area contributed by atoms with E-state index in [2.05, 4.69) is 6.58 Å². The van der Waals surface area contributed by atoms with Gasteiger partial charge >= 0.3 is 17.9 Å². The number of ether oxygens (including phenoxy) is 3. The molecule has 1 heterocycles. The molecule has 1 aliphatic heterocycles. The second-order valence-electron chi connectivity index (χ2n) is 7.52. The minimum atomic E-state index is -0.906. The number of rotatable bonds is 5. The van der Waals surface area contributed by atoms with Crippen LogP contribution in [0.2, 0.25) is 0 Å². The van der Waals surface area contributed by atoms with E-state index in [1.54, 1.807) is 19.9 Å². The van der Waals surface area contributed by atoms with Crippen LogP contribution in [0.5, 0.6) is 0 Å². The van der Waals surface area contributed by atoms with E-state index >= 15 is 0 Å². The molecule has 2 aliphatic rings. The van der Waals surface area contributed by atoms with Gasteiger partial charge in [0.2, 0.25) is 0 Å². The molecule has 0 aromatic carbocycles. The summed E-state index contributed by atoms with van der Waals surface area (Å²) in [6.07, 6.45) is 4.72. The first-order valence-electron chi connectivity index (χ1n) is 9.57. The van der Waals surface area contributed by atoms with Gasteiger partial charge < -0.3 is 19.3 Å². The van der Waals surface area contributed by atoms with Crippen molar-refractivity contribution in [1.82, 2.24) is 0 Å². The Morgan fingerprint density at radius 2 is 1.97 bits per heavy atom. The number of fused-ring (bicyclic) bond motifs is 1. The van der Waals surface area contributed by atoms with Crippen molar-refractivity contribution in [1.29, 1.82) is 0 Å². The van der Waals surface area contributed by atoms with Gasteiger partial charge in [-0.15, -0.1) is 0 Å². The summed E-state index contributed by atoms with van der Waals surface area (Å²) in [6, 6.07) is 0. The molecule has 0 aromatic rings. The first-order valence-corrected chi connectivity index (χ1v) is 9.57. The van der Waals surface area contributed by atoms with Crippen LogP contribution in [0, 0.1) is 5.92 Å². The van der Waals surface area contributed by atoms with Crippen molar-refractivity contribution >= 4 is 17.9 Å². The number of aliphatic hydroxyl groups is 1. The lowest BCUT2D eigenvalue weighted by molar-refractivity contribution is -0.141.